The Balaban J connectivity index is 0.000000271. The summed E-state index contributed by atoms with van der Waals surface area (Å²) in [6, 6.07) is 9.86. The molecule has 204 valence electrons. The van der Waals surface area contributed by atoms with Crippen molar-refractivity contribution >= 4 is 22.3 Å². The lowest BCUT2D eigenvalue weighted by Crippen LogP contribution is -2.59. The maximum atomic E-state index is 11.5. The molecule has 0 aliphatic carbocycles. The predicted octanol–water partition coefficient (Wildman–Crippen LogP) is -0.327. The topological polar surface area (TPSA) is 238 Å². The van der Waals surface area contributed by atoms with Crippen molar-refractivity contribution in [3.63, 3.8) is 0 Å². The Bertz CT molecular complexity index is 1210. The van der Waals surface area contributed by atoms with Gasteiger partial charge < -0.3 is 40.1 Å². The van der Waals surface area contributed by atoms with E-state index in [2.05, 4.69) is 8.92 Å². The predicted molar refractivity (Wildman–Crippen MR) is 123 cm³/mol. The van der Waals surface area contributed by atoms with Gasteiger partial charge in [0.05, 0.1) is 24.8 Å². The Labute approximate surface area is 210 Å². The number of carboxylic acids is 2. The lowest BCUT2D eigenvalue weighted by atomic mass is 9.92. The van der Waals surface area contributed by atoms with E-state index < -0.39 is 59.7 Å². The minimum Gasteiger partial charge on any atom is -0.497 e. The van der Waals surface area contributed by atoms with Crippen molar-refractivity contribution in [1.29, 1.82) is 0 Å². The number of carboxylic acid groups (broad SMARTS) is 2. The minimum absolute atomic E-state index is 0.0000619. The van der Waals surface area contributed by atoms with Gasteiger partial charge in [0.1, 0.15) is 30.2 Å². The van der Waals surface area contributed by atoms with E-state index in [9.17, 15) is 38.4 Å². The Morgan fingerprint density at radius 2 is 1.54 bits per heavy atom. The average Bonchev–Trinajstić information content (AvgIpc) is 2.83. The largest absolute Gasteiger partial charge is 0.497 e. The molecule has 15 heteroatoms. The van der Waals surface area contributed by atoms with Gasteiger partial charge in [-0.3, -0.25) is 4.55 Å². The second kappa shape index (κ2) is 12.4. The molecule has 1 heterocycles. The molecule has 1 saturated heterocycles. The van der Waals surface area contributed by atoms with Crippen LogP contribution in [0.3, 0.4) is 0 Å². The van der Waals surface area contributed by atoms with Crippen molar-refractivity contribution in [2.45, 2.75) is 37.6 Å². The quantitative estimate of drug-likeness (QED) is 0.220. The van der Waals surface area contributed by atoms with Gasteiger partial charge in [0, 0.05) is 0 Å². The van der Waals surface area contributed by atoms with Crippen LogP contribution in [0.1, 0.15) is 26.3 Å². The molecule has 14 nitrogen and oxygen atoms in total. The molecule has 0 radical (unpaired) electrons. The minimum atomic E-state index is -4.89. The SMILES string of the molecule is COc1ccc(-c2ccc(C(=O)O)c(C)c2C(=O)O)cc1.O=S(=O)(O)O[C@@H]1O[C@H](CO)[C@@H](O)[C@H](O)[C@H]1O. The third-order valence-electron chi connectivity index (χ3n) is 5.38. The molecule has 0 spiro atoms. The number of benzene rings is 2. The van der Waals surface area contributed by atoms with Gasteiger partial charge in [-0.25, -0.2) is 13.8 Å². The molecule has 0 unspecified atom stereocenters. The van der Waals surface area contributed by atoms with E-state index in [4.69, 9.17) is 19.5 Å². The summed E-state index contributed by atoms with van der Waals surface area (Å²) in [5, 5.41) is 55.0. The van der Waals surface area contributed by atoms with Crippen LogP contribution in [-0.2, 0) is 19.3 Å². The van der Waals surface area contributed by atoms with E-state index in [1.165, 1.54) is 19.1 Å². The fourth-order valence-electron chi connectivity index (χ4n) is 3.50. The zero-order valence-corrected chi connectivity index (χ0v) is 20.3. The summed E-state index contributed by atoms with van der Waals surface area (Å²) >= 11 is 0. The molecular weight excluding hydrogens is 520 g/mol. The Kier molecular flexibility index (Phi) is 10.1. The molecular formula is C22H26O14S. The van der Waals surface area contributed by atoms with Crippen molar-refractivity contribution in [3.8, 4) is 16.9 Å². The highest BCUT2D eigenvalue weighted by Crippen LogP contribution is 2.30. The standard InChI is InChI=1S/C16H14O5.C6H12O9S/c1-9-12(15(17)18)7-8-13(14(9)16(19)20)10-3-5-11(21-2)6-4-10;7-1-2-3(8)4(9)5(10)6(14-2)15-16(11,12)13/h3-8H,1-2H3,(H,17,18)(H,19,20);2-10H,1H2,(H,11,12,13)/t;2-,3-,4+,5-,6+/m.1/s1. The molecule has 7 N–H and O–H groups in total. The number of carbonyl (C=O) groups is 2. The van der Waals surface area contributed by atoms with E-state index in [0.29, 0.717) is 16.9 Å². The van der Waals surface area contributed by atoms with Crippen LogP contribution in [0.2, 0.25) is 0 Å². The molecule has 0 aromatic heterocycles. The maximum Gasteiger partial charge on any atom is 0.399 e. The number of rotatable bonds is 7. The molecule has 3 rings (SSSR count). The number of aliphatic hydroxyl groups excluding tert-OH is 4. The summed E-state index contributed by atoms with van der Waals surface area (Å²) < 4.78 is 42.7. The Morgan fingerprint density at radius 1 is 0.946 bits per heavy atom. The number of hydrogen-bond acceptors (Lipinski definition) is 11. The van der Waals surface area contributed by atoms with Crippen LogP contribution in [0, 0.1) is 6.92 Å². The van der Waals surface area contributed by atoms with E-state index in [1.54, 1.807) is 31.4 Å². The highest BCUT2D eigenvalue weighted by molar-refractivity contribution is 7.80. The molecule has 0 bridgehead atoms. The molecule has 2 aromatic rings. The van der Waals surface area contributed by atoms with Crippen LogP contribution in [0.5, 0.6) is 5.75 Å². The van der Waals surface area contributed by atoms with Crippen molar-refractivity contribution < 1.29 is 66.9 Å². The molecule has 2 aromatic carbocycles. The summed E-state index contributed by atoms with van der Waals surface area (Å²) in [6.45, 7) is 0.774. The highest BCUT2D eigenvalue weighted by Gasteiger charge is 2.45. The van der Waals surface area contributed by atoms with Gasteiger partial charge in [-0.15, -0.1) is 0 Å². The average molecular weight is 547 g/mol. The van der Waals surface area contributed by atoms with Crippen LogP contribution in [0.25, 0.3) is 11.1 Å². The van der Waals surface area contributed by atoms with Gasteiger partial charge >= 0.3 is 22.3 Å². The van der Waals surface area contributed by atoms with E-state index in [1.807, 2.05) is 0 Å². The van der Waals surface area contributed by atoms with Crippen LogP contribution < -0.4 is 4.74 Å². The smallest absolute Gasteiger partial charge is 0.399 e. The lowest BCUT2D eigenvalue weighted by molar-refractivity contribution is -0.277. The summed E-state index contributed by atoms with van der Waals surface area (Å²) in [5.41, 5.74) is 1.40. The molecule has 5 atom stereocenters. The molecule has 37 heavy (non-hydrogen) atoms. The fourth-order valence-corrected chi connectivity index (χ4v) is 3.90. The summed E-state index contributed by atoms with van der Waals surface area (Å²) in [5.74, 6) is -1.63. The summed E-state index contributed by atoms with van der Waals surface area (Å²) in [7, 11) is -3.34. The number of ether oxygens (including phenoxy) is 2. The van der Waals surface area contributed by atoms with E-state index in [0.717, 1.165) is 0 Å². The first-order valence-electron chi connectivity index (χ1n) is 10.4. The first-order valence-corrected chi connectivity index (χ1v) is 11.8. The molecule has 1 fully saturated rings. The maximum absolute atomic E-state index is 11.5. The monoisotopic (exact) mass is 546 g/mol. The fraction of sp³-hybridized carbons (Fsp3) is 0.364. The van der Waals surface area contributed by atoms with Gasteiger partial charge in [-0.2, -0.15) is 8.42 Å². The number of aliphatic hydroxyl groups is 4. The lowest BCUT2D eigenvalue weighted by Gasteiger charge is -2.38. The van der Waals surface area contributed by atoms with E-state index in [-0.39, 0.29) is 16.7 Å². The first kappa shape index (κ1) is 30.1. The number of aromatic carboxylic acids is 2. The highest BCUT2D eigenvalue weighted by atomic mass is 32.3. The van der Waals surface area contributed by atoms with Crippen molar-refractivity contribution in [2.75, 3.05) is 13.7 Å². The molecule has 1 aliphatic rings. The summed E-state index contributed by atoms with van der Waals surface area (Å²) in [6.07, 6.45) is -8.46. The Hall–Kier alpha value is -3.15. The zero-order chi connectivity index (χ0) is 28.1. The zero-order valence-electron chi connectivity index (χ0n) is 19.5. The normalized spacial score (nSPS) is 23.5. The molecule has 1 aliphatic heterocycles. The van der Waals surface area contributed by atoms with Crippen molar-refractivity contribution in [2.24, 2.45) is 0 Å². The first-order chi connectivity index (χ1) is 17.2. The van der Waals surface area contributed by atoms with Gasteiger partial charge in [0.15, 0.2) is 0 Å². The van der Waals surface area contributed by atoms with Crippen LogP contribution >= 0.6 is 0 Å². The molecule has 0 amide bonds. The van der Waals surface area contributed by atoms with Crippen LogP contribution in [0.15, 0.2) is 36.4 Å². The van der Waals surface area contributed by atoms with Gasteiger partial charge in [0.25, 0.3) is 0 Å². The second-order valence-corrected chi connectivity index (χ2v) is 8.77. The van der Waals surface area contributed by atoms with Crippen molar-refractivity contribution in [3.05, 3.63) is 53.1 Å². The molecule has 0 saturated carbocycles. The summed E-state index contributed by atoms with van der Waals surface area (Å²) in [4.78, 5) is 22.6. The van der Waals surface area contributed by atoms with Crippen molar-refractivity contribution in [1.82, 2.24) is 0 Å². The second-order valence-electron chi connectivity index (χ2n) is 7.72. The van der Waals surface area contributed by atoms with Crippen LogP contribution in [0.4, 0.5) is 0 Å². The third-order valence-corrected chi connectivity index (χ3v) is 5.81. The third kappa shape index (κ3) is 7.43. The van der Waals surface area contributed by atoms with Gasteiger partial charge in [-0.05, 0) is 41.8 Å². The van der Waals surface area contributed by atoms with Gasteiger partial charge in [-0.1, -0.05) is 18.2 Å². The number of hydrogen-bond donors (Lipinski definition) is 7. The van der Waals surface area contributed by atoms with Gasteiger partial charge in [0.2, 0.25) is 6.29 Å². The van der Waals surface area contributed by atoms with E-state index >= 15 is 0 Å². The number of methoxy groups -OCH3 is 1. The Morgan fingerprint density at radius 3 is 2.00 bits per heavy atom. The van der Waals surface area contributed by atoms with Crippen LogP contribution in [-0.4, -0.2) is 100.0 Å².